The zero-order valence-electron chi connectivity index (χ0n) is 13.3. The molecule has 1 fully saturated rings. The Morgan fingerprint density at radius 3 is 2.78 bits per heavy atom. The van der Waals surface area contributed by atoms with Crippen molar-refractivity contribution in [3.05, 3.63) is 12.4 Å². The van der Waals surface area contributed by atoms with Crippen molar-refractivity contribution < 1.29 is 22.7 Å². The average Bonchev–Trinajstić information content (AvgIpc) is 2.95. The van der Waals surface area contributed by atoms with Crippen LogP contribution >= 0.6 is 0 Å². The first kappa shape index (κ1) is 17.4. The van der Waals surface area contributed by atoms with E-state index in [4.69, 9.17) is 9.47 Å². The lowest BCUT2D eigenvalue weighted by molar-refractivity contribution is -0.130. The minimum atomic E-state index is -3.37. The minimum absolute atomic E-state index is 0.176. The Bertz CT molecular complexity index is 666. The standard InChI is InChI=1S/C13H20N4O5S/c1-16(23(3,19)20)9-13(18)17-5-4-10(8-17)22-12-7-14-6-11(15-12)21-2/h6-7,10H,4-5,8-9H2,1-3H3/t10-/m1/s1. The first-order valence-electron chi connectivity index (χ1n) is 7.01. The van der Waals surface area contributed by atoms with Crippen molar-refractivity contribution in [1.29, 1.82) is 0 Å². The van der Waals surface area contributed by atoms with Gasteiger partial charge >= 0.3 is 0 Å². The minimum Gasteiger partial charge on any atom is -0.480 e. The third kappa shape index (κ3) is 4.76. The third-order valence-electron chi connectivity index (χ3n) is 3.51. The molecule has 0 spiro atoms. The largest absolute Gasteiger partial charge is 0.480 e. The van der Waals surface area contributed by atoms with Crippen molar-refractivity contribution in [2.75, 3.05) is 40.0 Å². The summed E-state index contributed by atoms with van der Waals surface area (Å²) in [6, 6.07) is 0. The summed E-state index contributed by atoms with van der Waals surface area (Å²) in [5.74, 6) is 0.431. The first-order valence-corrected chi connectivity index (χ1v) is 8.86. The number of nitrogens with zero attached hydrogens (tertiary/aromatic N) is 4. The molecule has 0 bridgehead atoms. The summed E-state index contributed by atoms with van der Waals surface area (Å²) in [6.07, 6.45) is 4.46. The summed E-state index contributed by atoms with van der Waals surface area (Å²) < 4.78 is 34.4. The van der Waals surface area contributed by atoms with Crippen LogP contribution in [0.1, 0.15) is 6.42 Å². The maximum absolute atomic E-state index is 12.1. The highest BCUT2D eigenvalue weighted by Crippen LogP contribution is 2.18. The molecule has 0 saturated carbocycles. The van der Waals surface area contributed by atoms with Crippen molar-refractivity contribution in [3.63, 3.8) is 0 Å². The van der Waals surface area contributed by atoms with E-state index in [1.54, 1.807) is 4.90 Å². The van der Waals surface area contributed by atoms with Gasteiger partial charge < -0.3 is 14.4 Å². The molecule has 2 heterocycles. The highest BCUT2D eigenvalue weighted by atomic mass is 32.2. The maximum Gasteiger partial charge on any atom is 0.238 e. The lowest BCUT2D eigenvalue weighted by atomic mass is 10.3. The lowest BCUT2D eigenvalue weighted by Gasteiger charge is -2.20. The second kappa shape index (κ2) is 7.09. The second-order valence-corrected chi connectivity index (χ2v) is 7.38. The number of sulfonamides is 1. The Hall–Kier alpha value is -1.94. The van der Waals surface area contributed by atoms with Gasteiger partial charge in [0.05, 0.1) is 38.8 Å². The van der Waals surface area contributed by atoms with E-state index in [0.29, 0.717) is 31.3 Å². The number of aromatic nitrogens is 2. The molecular weight excluding hydrogens is 324 g/mol. The van der Waals surface area contributed by atoms with E-state index in [1.165, 1.54) is 26.6 Å². The fourth-order valence-corrected chi connectivity index (χ4v) is 2.46. The molecule has 23 heavy (non-hydrogen) atoms. The highest BCUT2D eigenvalue weighted by Gasteiger charge is 2.29. The Morgan fingerprint density at radius 2 is 2.13 bits per heavy atom. The Labute approximate surface area is 135 Å². The molecule has 0 unspecified atom stereocenters. The van der Waals surface area contributed by atoms with Gasteiger partial charge in [-0.25, -0.2) is 8.42 Å². The summed E-state index contributed by atoms with van der Waals surface area (Å²) in [5, 5.41) is 0. The third-order valence-corrected chi connectivity index (χ3v) is 4.77. The first-order chi connectivity index (χ1) is 10.8. The summed E-state index contributed by atoms with van der Waals surface area (Å²) in [6.45, 7) is 0.721. The van der Waals surface area contributed by atoms with E-state index >= 15 is 0 Å². The number of ether oxygens (including phenoxy) is 2. The van der Waals surface area contributed by atoms with Gasteiger partial charge in [-0.1, -0.05) is 0 Å². The van der Waals surface area contributed by atoms with E-state index in [9.17, 15) is 13.2 Å². The van der Waals surface area contributed by atoms with Gasteiger partial charge in [0.25, 0.3) is 0 Å². The predicted octanol–water partition coefficient (Wildman–Crippen LogP) is -0.644. The maximum atomic E-state index is 12.1. The SMILES string of the molecule is COc1cncc(O[C@@H]2CCN(C(=O)CN(C)S(C)(=O)=O)C2)n1. The lowest BCUT2D eigenvalue weighted by Crippen LogP contribution is -2.40. The van der Waals surface area contributed by atoms with Crippen molar-refractivity contribution in [3.8, 4) is 11.8 Å². The zero-order chi connectivity index (χ0) is 17.0. The molecule has 1 aromatic rings. The van der Waals surface area contributed by atoms with Gasteiger partial charge in [-0.05, 0) is 0 Å². The van der Waals surface area contributed by atoms with Crippen molar-refractivity contribution >= 4 is 15.9 Å². The van der Waals surface area contributed by atoms with E-state index in [0.717, 1.165) is 10.6 Å². The van der Waals surface area contributed by atoms with Gasteiger partial charge in [-0.2, -0.15) is 9.29 Å². The van der Waals surface area contributed by atoms with E-state index in [-0.39, 0.29) is 18.6 Å². The molecule has 1 aliphatic rings. The van der Waals surface area contributed by atoms with Crippen LogP contribution in [-0.4, -0.2) is 79.6 Å². The second-order valence-electron chi connectivity index (χ2n) is 5.29. The van der Waals surface area contributed by atoms with Crippen LogP contribution in [0.25, 0.3) is 0 Å². The summed E-state index contributed by atoms with van der Waals surface area (Å²) in [5.41, 5.74) is 0. The number of amides is 1. The fourth-order valence-electron chi connectivity index (χ4n) is 2.12. The van der Waals surface area contributed by atoms with Crippen LogP contribution in [0.2, 0.25) is 0 Å². The van der Waals surface area contributed by atoms with Gasteiger partial charge in [0.15, 0.2) is 0 Å². The van der Waals surface area contributed by atoms with Crippen LogP contribution in [0.4, 0.5) is 0 Å². The van der Waals surface area contributed by atoms with E-state index in [1.807, 2.05) is 0 Å². The number of likely N-dealkylation sites (N-methyl/N-ethyl adjacent to an activating group) is 1. The Morgan fingerprint density at radius 1 is 1.43 bits per heavy atom. The van der Waals surface area contributed by atoms with Crippen molar-refractivity contribution in [2.24, 2.45) is 0 Å². The van der Waals surface area contributed by atoms with Crippen LogP contribution in [0.5, 0.6) is 11.8 Å². The van der Waals surface area contributed by atoms with Gasteiger partial charge in [-0.15, -0.1) is 0 Å². The molecule has 1 atom stereocenters. The average molecular weight is 344 g/mol. The van der Waals surface area contributed by atoms with E-state index in [2.05, 4.69) is 9.97 Å². The number of carbonyl (C=O) groups excluding carboxylic acids is 1. The number of rotatable bonds is 6. The molecule has 1 aliphatic heterocycles. The topological polar surface area (TPSA) is 102 Å². The van der Waals surface area contributed by atoms with Crippen LogP contribution in [-0.2, 0) is 14.8 Å². The molecular formula is C13H20N4O5S. The molecule has 1 aromatic heterocycles. The summed E-state index contributed by atoms with van der Waals surface area (Å²) >= 11 is 0. The molecule has 2 rings (SSSR count). The fraction of sp³-hybridized carbons (Fsp3) is 0.615. The quantitative estimate of drug-likeness (QED) is 0.676. The molecule has 0 aromatic carbocycles. The Balaban J connectivity index is 1.89. The van der Waals surface area contributed by atoms with Gasteiger partial charge in [0, 0.05) is 20.0 Å². The van der Waals surface area contributed by atoms with Crippen LogP contribution in [0.3, 0.4) is 0 Å². The number of hydrogen-bond acceptors (Lipinski definition) is 7. The zero-order valence-corrected chi connectivity index (χ0v) is 14.1. The van der Waals surface area contributed by atoms with Gasteiger partial charge in [-0.3, -0.25) is 9.78 Å². The summed E-state index contributed by atoms with van der Waals surface area (Å²) in [4.78, 5) is 21.8. The smallest absolute Gasteiger partial charge is 0.238 e. The number of methoxy groups -OCH3 is 1. The molecule has 1 amide bonds. The molecule has 1 saturated heterocycles. The van der Waals surface area contributed by atoms with Crippen molar-refractivity contribution in [2.45, 2.75) is 12.5 Å². The Kier molecular flexibility index (Phi) is 5.37. The van der Waals surface area contributed by atoms with Crippen LogP contribution in [0, 0.1) is 0 Å². The summed E-state index contributed by atoms with van der Waals surface area (Å²) in [7, 11) is -0.509. The molecule has 9 nitrogen and oxygen atoms in total. The number of likely N-dealkylation sites (tertiary alicyclic amines) is 1. The van der Waals surface area contributed by atoms with Crippen LogP contribution < -0.4 is 9.47 Å². The van der Waals surface area contributed by atoms with Gasteiger partial charge in [0.2, 0.25) is 27.7 Å². The number of hydrogen-bond donors (Lipinski definition) is 0. The normalized spacial score (nSPS) is 18.3. The molecule has 128 valence electrons. The predicted molar refractivity (Wildman–Crippen MR) is 81.7 cm³/mol. The van der Waals surface area contributed by atoms with Gasteiger partial charge in [0.1, 0.15) is 6.10 Å². The monoisotopic (exact) mass is 344 g/mol. The highest BCUT2D eigenvalue weighted by molar-refractivity contribution is 7.88. The molecule has 0 radical (unpaired) electrons. The van der Waals surface area contributed by atoms with E-state index < -0.39 is 10.0 Å². The van der Waals surface area contributed by atoms with Crippen molar-refractivity contribution in [1.82, 2.24) is 19.2 Å². The van der Waals surface area contributed by atoms with Crippen LogP contribution in [0.15, 0.2) is 12.4 Å². The molecule has 10 heteroatoms. The molecule has 0 aliphatic carbocycles. The number of carbonyl (C=O) groups is 1. The molecule has 0 N–H and O–H groups in total.